The molecular formula is C16H30OSe. The molecular weight excluding hydrogens is 287 g/mol. The van der Waals surface area contributed by atoms with E-state index in [1.807, 2.05) is 0 Å². The van der Waals surface area contributed by atoms with Crippen molar-refractivity contribution < 1.29 is 4.79 Å². The summed E-state index contributed by atoms with van der Waals surface area (Å²) in [5.41, 5.74) is 0. The molecule has 1 nitrogen and oxygen atoms in total. The average molecular weight is 317 g/mol. The van der Waals surface area contributed by atoms with Crippen molar-refractivity contribution in [3.63, 3.8) is 0 Å². The van der Waals surface area contributed by atoms with E-state index < -0.39 is 0 Å². The predicted molar refractivity (Wildman–Crippen MR) is 80.2 cm³/mol. The number of unbranched alkanes of at least 4 members (excludes halogenated alkanes) is 11. The molecule has 0 radical (unpaired) electrons. The van der Waals surface area contributed by atoms with Gasteiger partial charge in [0, 0.05) is 0 Å². The fourth-order valence-electron chi connectivity index (χ4n) is 2.45. The summed E-state index contributed by atoms with van der Waals surface area (Å²) in [6.07, 6.45) is 18.1. The summed E-state index contributed by atoms with van der Waals surface area (Å²) in [4.78, 5) is 11.4. The Labute approximate surface area is 120 Å². The average Bonchev–Trinajstić information content (AvgIpc) is 3.07. The van der Waals surface area contributed by atoms with Crippen molar-refractivity contribution >= 4 is 19.6 Å². The number of hydrogen-bond acceptors (Lipinski definition) is 1. The first-order chi connectivity index (χ1) is 8.84. The molecule has 0 spiro atoms. The van der Waals surface area contributed by atoms with Crippen LogP contribution in [0.1, 0.15) is 90.4 Å². The molecule has 1 aliphatic heterocycles. The summed E-state index contributed by atoms with van der Waals surface area (Å²) in [6.45, 7) is 2.28. The first-order valence-corrected chi connectivity index (χ1v) is 9.89. The van der Waals surface area contributed by atoms with Crippen LogP contribution in [0, 0.1) is 0 Å². The summed E-state index contributed by atoms with van der Waals surface area (Å²) in [5.74, 6) is 0. The second-order valence-corrected chi connectivity index (χ2v) is 8.14. The predicted octanol–water partition coefficient (Wildman–Crippen LogP) is 5.11. The molecule has 106 valence electrons. The van der Waals surface area contributed by atoms with Crippen LogP contribution >= 0.6 is 0 Å². The van der Waals surface area contributed by atoms with Crippen LogP contribution in [0.3, 0.4) is 0 Å². The zero-order chi connectivity index (χ0) is 13.1. The third-order valence-corrected chi connectivity index (χ3v) is 5.88. The van der Waals surface area contributed by atoms with Crippen molar-refractivity contribution in [2.75, 3.05) is 0 Å². The van der Waals surface area contributed by atoms with Crippen molar-refractivity contribution in [2.45, 2.75) is 95.2 Å². The second kappa shape index (κ2) is 11.1. The fraction of sp³-hybridized carbons (Fsp3) is 0.938. The Morgan fingerprint density at radius 1 is 0.778 bits per heavy atom. The van der Waals surface area contributed by atoms with E-state index in [4.69, 9.17) is 0 Å². The Kier molecular flexibility index (Phi) is 9.97. The molecule has 0 aromatic rings. The van der Waals surface area contributed by atoms with Crippen LogP contribution in [-0.2, 0) is 4.79 Å². The fourth-order valence-corrected chi connectivity index (χ4v) is 3.74. The van der Waals surface area contributed by atoms with Gasteiger partial charge in [0.05, 0.1) is 0 Å². The standard InChI is InChI=1S/C16H30OSe/c1-2-3-4-5-6-7-8-9-10-11-12-13-14-15-16(17)18-15/h15H,2-14H2,1H3. The molecule has 0 aliphatic carbocycles. The van der Waals surface area contributed by atoms with E-state index in [-0.39, 0.29) is 0 Å². The van der Waals surface area contributed by atoms with E-state index >= 15 is 0 Å². The molecule has 0 aromatic heterocycles. The molecule has 1 atom stereocenters. The molecule has 1 aliphatic rings. The van der Waals surface area contributed by atoms with Crippen molar-refractivity contribution in [1.82, 2.24) is 0 Å². The van der Waals surface area contributed by atoms with Gasteiger partial charge >= 0.3 is 99.9 Å². The number of carbonyl (C=O) groups excluding carboxylic acids is 1. The first kappa shape index (κ1) is 16.2. The van der Waals surface area contributed by atoms with E-state index in [1.165, 1.54) is 83.5 Å². The van der Waals surface area contributed by atoms with Gasteiger partial charge in [-0.2, -0.15) is 0 Å². The van der Waals surface area contributed by atoms with Gasteiger partial charge in [-0.25, -0.2) is 0 Å². The molecule has 1 fully saturated rings. The Balaban J connectivity index is 1.64. The van der Waals surface area contributed by atoms with Crippen LogP contribution in [0.4, 0.5) is 0 Å². The van der Waals surface area contributed by atoms with E-state index in [2.05, 4.69) is 6.92 Å². The summed E-state index contributed by atoms with van der Waals surface area (Å²) in [6, 6.07) is 0. The van der Waals surface area contributed by atoms with Crippen LogP contribution in [0.15, 0.2) is 0 Å². The van der Waals surface area contributed by atoms with Gasteiger partial charge in [0.25, 0.3) is 0 Å². The van der Waals surface area contributed by atoms with Crippen LogP contribution in [-0.4, -0.2) is 19.6 Å². The molecule has 0 aromatic carbocycles. The van der Waals surface area contributed by atoms with Crippen molar-refractivity contribution in [3.05, 3.63) is 0 Å². The maximum atomic E-state index is 10.8. The van der Waals surface area contributed by atoms with Gasteiger partial charge in [0.15, 0.2) is 0 Å². The van der Waals surface area contributed by atoms with Crippen molar-refractivity contribution in [1.29, 1.82) is 0 Å². The van der Waals surface area contributed by atoms with Crippen LogP contribution in [0.5, 0.6) is 0 Å². The molecule has 0 amide bonds. The topological polar surface area (TPSA) is 17.1 Å². The number of hydrogen-bond donors (Lipinski definition) is 0. The van der Waals surface area contributed by atoms with Gasteiger partial charge in [-0.05, 0) is 0 Å². The summed E-state index contributed by atoms with van der Waals surface area (Å²) >= 11 is 0.401. The molecule has 1 rings (SSSR count). The van der Waals surface area contributed by atoms with Crippen LogP contribution in [0.25, 0.3) is 0 Å². The second-order valence-electron chi connectivity index (χ2n) is 5.60. The zero-order valence-corrected chi connectivity index (χ0v) is 13.8. The summed E-state index contributed by atoms with van der Waals surface area (Å²) in [5, 5.41) is 0. The van der Waals surface area contributed by atoms with Crippen molar-refractivity contribution in [2.24, 2.45) is 0 Å². The Morgan fingerprint density at radius 3 is 1.56 bits per heavy atom. The zero-order valence-electron chi connectivity index (χ0n) is 12.1. The summed E-state index contributed by atoms with van der Waals surface area (Å²) in [7, 11) is 0. The van der Waals surface area contributed by atoms with Gasteiger partial charge < -0.3 is 0 Å². The van der Waals surface area contributed by atoms with Crippen molar-refractivity contribution in [3.8, 4) is 0 Å². The quantitative estimate of drug-likeness (QED) is 0.341. The molecule has 2 heteroatoms. The molecule has 1 unspecified atom stereocenters. The minimum absolute atomic E-state index is 0.401. The Hall–Kier alpha value is 0.189. The third kappa shape index (κ3) is 9.16. The third-order valence-electron chi connectivity index (χ3n) is 3.78. The van der Waals surface area contributed by atoms with Gasteiger partial charge in [-0.1, -0.05) is 19.8 Å². The first-order valence-electron chi connectivity index (χ1n) is 8.05. The van der Waals surface area contributed by atoms with Gasteiger partial charge in [-0.15, -0.1) is 0 Å². The SMILES string of the molecule is CCCCCCCCCCCCCCC1[Se]C1=O. The number of carbonyl (C=O) groups is 1. The number of rotatable bonds is 13. The van der Waals surface area contributed by atoms with Gasteiger partial charge in [0.2, 0.25) is 0 Å². The minimum atomic E-state index is 0.401. The molecule has 0 bridgehead atoms. The Bertz CT molecular complexity index is 215. The maximum absolute atomic E-state index is 10.8. The van der Waals surface area contributed by atoms with Crippen LogP contribution in [0.2, 0.25) is 4.82 Å². The van der Waals surface area contributed by atoms with Gasteiger partial charge in [-0.3, -0.25) is 0 Å². The monoisotopic (exact) mass is 318 g/mol. The van der Waals surface area contributed by atoms with Gasteiger partial charge in [0.1, 0.15) is 0 Å². The van der Waals surface area contributed by atoms with E-state index in [9.17, 15) is 4.79 Å². The molecule has 18 heavy (non-hydrogen) atoms. The molecule has 0 N–H and O–H groups in total. The van der Waals surface area contributed by atoms with Crippen LogP contribution < -0.4 is 0 Å². The normalized spacial score (nSPS) is 18.3. The van der Waals surface area contributed by atoms with E-state index in [0.717, 1.165) is 0 Å². The summed E-state index contributed by atoms with van der Waals surface area (Å²) < 4.78 is 0.575. The molecule has 1 saturated heterocycles. The molecule has 1 heterocycles. The van der Waals surface area contributed by atoms with E-state index in [0.29, 0.717) is 24.5 Å². The Morgan fingerprint density at radius 2 is 1.17 bits per heavy atom. The molecule has 0 saturated carbocycles. The van der Waals surface area contributed by atoms with E-state index in [1.54, 1.807) is 0 Å².